The van der Waals surface area contributed by atoms with E-state index in [4.69, 9.17) is 9.15 Å². The van der Waals surface area contributed by atoms with E-state index in [1.54, 1.807) is 32.0 Å². The van der Waals surface area contributed by atoms with Gasteiger partial charge in [-0.3, -0.25) is 4.72 Å². The van der Waals surface area contributed by atoms with Gasteiger partial charge in [0.25, 0.3) is 10.0 Å². The molecular weight excluding hydrogens is 474 g/mol. The highest BCUT2D eigenvalue weighted by Gasteiger charge is 2.25. The maximum Gasteiger partial charge on any atom is 0.342 e. The molecule has 0 amide bonds. The number of carbonyl (C=O) groups excluding carboxylic acids is 1. The Morgan fingerprint density at radius 1 is 0.861 bits per heavy atom. The molecule has 0 unspecified atom stereocenters. The van der Waals surface area contributed by atoms with Gasteiger partial charge in [0.1, 0.15) is 23.5 Å². The summed E-state index contributed by atoms with van der Waals surface area (Å²) in [7, 11) is -3.89. The number of sulfonamides is 1. The van der Waals surface area contributed by atoms with Gasteiger partial charge in [-0.1, -0.05) is 72.3 Å². The van der Waals surface area contributed by atoms with Gasteiger partial charge < -0.3 is 9.15 Å². The van der Waals surface area contributed by atoms with Crippen LogP contribution in [0.4, 0.5) is 5.69 Å². The predicted octanol–water partition coefficient (Wildman–Crippen LogP) is 6.67. The molecule has 36 heavy (non-hydrogen) atoms. The van der Waals surface area contributed by atoms with E-state index in [1.807, 2.05) is 67.6 Å². The van der Waals surface area contributed by atoms with Crippen LogP contribution in [0.2, 0.25) is 0 Å². The second-order valence-electron chi connectivity index (χ2n) is 8.82. The minimum atomic E-state index is -3.89. The fraction of sp³-hybridized carbons (Fsp3) is 0.138. The third kappa shape index (κ3) is 4.33. The van der Waals surface area contributed by atoms with Crippen molar-refractivity contribution in [2.24, 2.45) is 0 Å². The van der Waals surface area contributed by atoms with Gasteiger partial charge in [-0.2, -0.15) is 0 Å². The molecule has 5 aromatic rings. The van der Waals surface area contributed by atoms with Crippen LogP contribution in [0.5, 0.6) is 0 Å². The molecule has 0 aliphatic heterocycles. The molecule has 7 heteroatoms. The smallest absolute Gasteiger partial charge is 0.342 e. The maximum atomic E-state index is 13.4. The van der Waals surface area contributed by atoms with E-state index in [0.29, 0.717) is 38.8 Å². The quantitative estimate of drug-likeness (QED) is 0.264. The molecule has 1 heterocycles. The van der Waals surface area contributed by atoms with Crippen molar-refractivity contribution in [3.8, 4) is 0 Å². The first-order chi connectivity index (χ1) is 17.2. The van der Waals surface area contributed by atoms with Crippen molar-refractivity contribution in [2.45, 2.75) is 32.3 Å². The molecule has 4 aromatic carbocycles. The lowest BCUT2D eigenvalue weighted by Crippen LogP contribution is -2.14. The number of esters is 1. The van der Waals surface area contributed by atoms with Crippen molar-refractivity contribution in [1.82, 2.24) is 0 Å². The van der Waals surface area contributed by atoms with E-state index in [2.05, 4.69) is 4.72 Å². The average Bonchev–Trinajstić information content (AvgIpc) is 3.19. The van der Waals surface area contributed by atoms with Crippen molar-refractivity contribution in [3.63, 3.8) is 0 Å². The van der Waals surface area contributed by atoms with E-state index >= 15 is 0 Å². The first-order valence-corrected chi connectivity index (χ1v) is 13.0. The highest BCUT2D eigenvalue weighted by Crippen LogP contribution is 2.38. The Morgan fingerprint density at radius 2 is 1.56 bits per heavy atom. The number of hydrogen-bond acceptors (Lipinski definition) is 5. The van der Waals surface area contributed by atoms with Crippen molar-refractivity contribution in [3.05, 3.63) is 107 Å². The van der Waals surface area contributed by atoms with Gasteiger partial charge in [-0.05, 0) is 44.0 Å². The Kier molecular flexibility index (Phi) is 6.02. The molecule has 0 saturated carbocycles. The topological polar surface area (TPSA) is 85.6 Å². The molecule has 182 valence electrons. The number of nitrogens with one attached hydrogen (secondary N) is 1. The normalized spacial score (nSPS) is 11.6. The lowest BCUT2D eigenvalue weighted by atomic mass is 10.0. The molecule has 0 spiro atoms. The van der Waals surface area contributed by atoms with Crippen LogP contribution in [-0.4, -0.2) is 14.4 Å². The SMILES string of the molecule is Cc1ccc(S(=O)(=O)Nc2cc3c(C(=O)OCc4ccccc4)c(C)oc3c3ccccc23)c(C)c1. The standard InChI is InChI=1S/C29H25NO5S/c1-18-13-14-26(19(2)15-18)36(32,33)30-25-16-24-27(29(31)34-17-21-9-5-4-6-10-21)20(3)35-28(24)23-12-8-7-11-22(23)25/h4-16,30H,17H2,1-3H3. The average molecular weight is 500 g/mol. The Bertz CT molecular complexity index is 1720. The largest absolute Gasteiger partial charge is 0.460 e. The summed E-state index contributed by atoms with van der Waals surface area (Å²) < 4.78 is 41.1. The summed E-state index contributed by atoms with van der Waals surface area (Å²) in [5, 5.41) is 1.84. The zero-order chi connectivity index (χ0) is 25.4. The number of furan rings is 1. The third-order valence-electron chi connectivity index (χ3n) is 6.15. The minimum absolute atomic E-state index is 0.117. The number of rotatable bonds is 6. The maximum absolute atomic E-state index is 13.4. The van der Waals surface area contributed by atoms with Crippen LogP contribution in [-0.2, 0) is 21.4 Å². The number of benzene rings is 4. The van der Waals surface area contributed by atoms with Gasteiger partial charge >= 0.3 is 5.97 Å². The third-order valence-corrected chi connectivity index (χ3v) is 7.68. The minimum Gasteiger partial charge on any atom is -0.460 e. The van der Waals surface area contributed by atoms with Gasteiger partial charge in [0.2, 0.25) is 0 Å². The summed E-state index contributed by atoms with van der Waals surface area (Å²) in [6, 6.07) is 23.6. The van der Waals surface area contributed by atoms with E-state index in [9.17, 15) is 13.2 Å². The summed E-state index contributed by atoms with van der Waals surface area (Å²) in [5.74, 6) is -0.129. The lowest BCUT2D eigenvalue weighted by molar-refractivity contribution is 0.0472. The predicted molar refractivity (Wildman–Crippen MR) is 141 cm³/mol. The van der Waals surface area contributed by atoms with Crippen molar-refractivity contribution in [1.29, 1.82) is 0 Å². The molecule has 0 radical (unpaired) electrons. The molecule has 0 aliphatic rings. The van der Waals surface area contributed by atoms with Gasteiger partial charge in [-0.25, -0.2) is 13.2 Å². The number of anilines is 1. The first kappa shape index (κ1) is 23.6. The van der Waals surface area contributed by atoms with Gasteiger partial charge in [0.05, 0.1) is 10.6 Å². The van der Waals surface area contributed by atoms with Crippen LogP contribution in [0.3, 0.4) is 0 Å². The monoisotopic (exact) mass is 499 g/mol. The van der Waals surface area contributed by atoms with E-state index in [0.717, 1.165) is 11.1 Å². The molecule has 0 atom stereocenters. The van der Waals surface area contributed by atoms with Gasteiger partial charge in [0, 0.05) is 16.2 Å². The Labute approximate surface area is 209 Å². The highest BCUT2D eigenvalue weighted by atomic mass is 32.2. The summed E-state index contributed by atoms with van der Waals surface area (Å²) in [5.41, 5.74) is 3.63. The molecule has 0 fully saturated rings. The van der Waals surface area contributed by atoms with Crippen molar-refractivity contribution in [2.75, 3.05) is 4.72 Å². The Morgan fingerprint density at radius 3 is 2.28 bits per heavy atom. The number of aryl methyl sites for hydroxylation is 3. The zero-order valence-corrected chi connectivity index (χ0v) is 21.0. The highest BCUT2D eigenvalue weighted by molar-refractivity contribution is 7.92. The summed E-state index contributed by atoms with van der Waals surface area (Å²) in [4.78, 5) is 13.3. The fourth-order valence-corrected chi connectivity index (χ4v) is 5.77. The van der Waals surface area contributed by atoms with Crippen LogP contribution < -0.4 is 4.72 Å². The van der Waals surface area contributed by atoms with Crippen LogP contribution >= 0.6 is 0 Å². The van der Waals surface area contributed by atoms with Gasteiger partial charge in [-0.15, -0.1) is 0 Å². The van der Waals surface area contributed by atoms with Crippen LogP contribution in [0.25, 0.3) is 21.7 Å². The molecule has 5 rings (SSSR count). The molecule has 1 aromatic heterocycles. The van der Waals surface area contributed by atoms with Crippen molar-refractivity contribution < 1.29 is 22.4 Å². The van der Waals surface area contributed by atoms with Crippen LogP contribution in [0.15, 0.2) is 88.2 Å². The van der Waals surface area contributed by atoms with Crippen molar-refractivity contribution >= 4 is 43.4 Å². The second-order valence-corrected chi connectivity index (χ2v) is 10.5. The lowest BCUT2D eigenvalue weighted by Gasteiger charge is -2.13. The number of hydrogen-bond donors (Lipinski definition) is 1. The fourth-order valence-electron chi connectivity index (χ4n) is 4.47. The van der Waals surface area contributed by atoms with Gasteiger partial charge in [0.15, 0.2) is 0 Å². The number of fused-ring (bicyclic) bond motifs is 3. The summed E-state index contributed by atoms with van der Waals surface area (Å²) in [6.45, 7) is 5.50. The molecule has 1 N–H and O–H groups in total. The zero-order valence-electron chi connectivity index (χ0n) is 20.2. The van der Waals surface area contributed by atoms with E-state index < -0.39 is 16.0 Å². The summed E-state index contributed by atoms with van der Waals surface area (Å²) in [6.07, 6.45) is 0. The Balaban J connectivity index is 1.60. The Hall–Kier alpha value is -4.10. The molecular formula is C29H25NO5S. The first-order valence-electron chi connectivity index (χ1n) is 11.5. The second kappa shape index (κ2) is 9.17. The molecule has 0 aliphatic carbocycles. The van der Waals surface area contributed by atoms with E-state index in [-0.39, 0.29) is 17.1 Å². The van der Waals surface area contributed by atoms with Crippen LogP contribution in [0.1, 0.15) is 32.8 Å². The number of ether oxygens (including phenoxy) is 1. The van der Waals surface area contributed by atoms with E-state index in [1.165, 1.54) is 0 Å². The van der Waals surface area contributed by atoms with Crippen LogP contribution in [0, 0.1) is 20.8 Å². The summed E-state index contributed by atoms with van der Waals surface area (Å²) >= 11 is 0. The molecule has 6 nitrogen and oxygen atoms in total. The number of carbonyl (C=O) groups is 1. The molecule has 0 saturated heterocycles. The molecule has 0 bridgehead atoms.